The minimum absolute atomic E-state index is 0.843. The van der Waals surface area contributed by atoms with E-state index in [0.717, 1.165) is 24.9 Å². The third-order valence-electron chi connectivity index (χ3n) is 4.36. The van der Waals surface area contributed by atoms with Crippen LogP contribution < -0.4 is 10.1 Å². The van der Waals surface area contributed by atoms with Crippen molar-refractivity contribution in [3.8, 4) is 5.75 Å². The second-order valence-electron chi connectivity index (χ2n) is 5.70. The first kappa shape index (κ1) is 12.0. The Morgan fingerprint density at radius 1 is 1.06 bits per heavy atom. The molecule has 1 fully saturated rings. The lowest BCUT2D eigenvalue weighted by molar-refractivity contribution is -0.688. The Morgan fingerprint density at radius 3 is 2.78 bits per heavy atom. The maximum absolute atomic E-state index is 5.86. The number of fused-ring (bicyclic) bond motifs is 1. The zero-order chi connectivity index (χ0) is 12.2. The van der Waals surface area contributed by atoms with Gasteiger partial charge in [0.05, 0.1) is 6.04 Å². The van der Waals surface area contributed by atoms with Crippen LogP contribution in [-0.2, 0) is 12.8 Å². The van der Waals surface area contributed by atoms with Crippen molar-refractivity contribution in [2.75, 3.05) is 13.2 Å². The number of aryl methyl sites for hydroxylation is 2. The monoisotopic (exact) mass is 246 g/mol. The molecule has 1 aromatic carbocycles. The number of hydrogen-bond acceptors (Lipinski definition) is 1. The SMILES string of the molecule is c1cc2c(cc1OCC[NH2+]C1CCCC1)CCC2. The van der Waals surface area contributed by atoms with E-state index in [1.807, 2.05) is 0 Å². The zero-order valence-electron chi connectivity index (χ0n) is 11.2. The Kier molecular flexibility index (Phi) is 3.84. The molecule has 0 heterocycles. The van der Waals surface area contributed by atoms with Crippen LogP contribution in [0.1, 0.15) is 43.2 Å². The smallest absolute Gasteiger partial charge is 0.137 e. The molecule has 0 aromatic heterocycles. The van der Waals surface area contributed by atoms with Crippen molar-refractivity contribution in [3.05, 3.63) is 29.3 Å². The molecule has 98 valence electrons. The first-order chi connectivity index (χ1) is 8.92. The van der Waals surface area contributed by atoms with Crippen LogP contribution >= 0.6 is 0 Å². The van der Waals surface area contributed by atoms with Crippen molar-refractivity contribution < 1.29 is 10.1 Å². The molecular weight excluding hydrogens is 222 g/mol. The zero-order valence-corrected chi connectivity index (χ0v) is 11.2. The van der Waals surface area contributed by atoms with Gasteiger partial charge < -0.3 is 10.1 Å². The van der Waals surface area contributed by atoms with Crippen molar-refractivity contribution in [2.24, 2.45) is 0 Å². The molecule has 0 amide bonds. The van der Waals surface area contributed by atoms with Crippen LogP contribution in [0.25, 0.3) is 0 Å². The van der Waals surface area contributed by atoms with Gasteiger partial charge in [0.1, 0.15) is 18.9 Å². The number of nitrogens with two attached hydrogens (primary N) is 1. The highest BCUT2D eigenvalue weighted by atomic mass is 16.5. The Hall–Kier alpha value is -1.02. The maximum Gasteiger partial charge on any atom is 0.137 e. The fraction of sp³-hybridized carbons (Fsp3) is 0.625. The minimum Gasteiger partial charge on any atom is -0.488 e. The van der Waals surface area contributed by atoms with Gasteiger partial charge in [0.15, 0.2) is 0 Å². The molecule has 2 heteroatoms. The number of hydrogen-bond donors (Lipinski definition) is 1. The van der Waals surface area contributed by atoms with E-state index in [1.165, 1.54) is 56.1 Å². The molecule has 3 rings (SSSR count). The normalized spacial score (nSPS) is 19.1. The molecule has 18 heavy (non-hydrogen) atoms. The summed E-state index contributed by atoms with van der Waals surface area (Å²) < 4.78 is 5.86. The van der Waals surface area contributed by atoms with E-state index in [4.69, 9.17) is 4.74 Å². The van der Waals surface area contributed by atoms with Crippen LogP contribution in [0.2, 0.25) is 0 Å². The molecular formula is C16H24NO+. The van der Waals surface area contributed by atoms with Gasteiger partial charge in [0.2, 0.25) is 0 Å². The average molecular weight is 246 g/mol. The van der Waals surface area contributed by atoms with E-state index in [0.29, 0.717) is 0 Å². The highest BCUT2D eigenvalue weighted by Gasteiger charge is 2.17. The predicted molar refractivity (Wildman–Crippen MR) is 73.0 cm³/mol. The van der Waals surface area contributed by atoms with E-state index in [9.17, 15) is 0 Å². The minimum atomic E-state index is 0.843. The molecule has 1 aromatic rings. The van der Waals surface area contributed by atoms with Gasteiger partial charge in [-0.15, -0.1) is 0 Å². The van der Waals surface area contributed by atoms with Crippen molar-refractivity contribution in [1.82, 2.24) is 0 Å². The maximum atomic E-state index is 5.86. The van der Waals surface area contributed by atoms with Crippen molar-refractivity contribution in [3.63, 3.8) is 0 Å². The number of rotatable bonds is 5. The summed E-state index contributed by atoms with van der Waals surface area (Å²) in [5.41, 5.74) is 3.03. The van der Waals surface area contributed by atoms with Crippen LogP contribution in [0, 0.1) is 0 Å². The molecule has 1 saturated carbocycles. The van der Waals surface area contributed by atoms with Crippen molar-refractivity contribution >= 4 is 0 Å². The summed E-state index contributed by atoms with van der Waals surface area (Å²) in [5.74, 6) is 1.07. The third kappa shape index (κ3) is 2.86. The van der Waals surface area contributed by atoms with E-state index in [-0.39, 0.29) is 0 Å². The van der Waals surface area contributed by atoms with Crippen molar-refractivity contribution in [1.29, 1.82) is 0 Å². The van der Waals surface area contributed by atoms with Gasteiger partial charge in [-0.3, -0.25) is 0 Å². The molecule has 0 aliphatic heterocycles. The van der Waals surface area contributed by atoms with Crippen LogP contribution in [0.3, 0.4) is 0 Å². The molecule has 2 aliphatic rings. The second-order valence-corrected chi connectivity index (χ2v) is 5.70. The van der Waals surface area contributed by atoms with Gasteiger partial charge in [-0.2, -0.15) is 0 Å². The van der Waals surface area contributed by atoms with Crippen molar-refractivity contribution in [2.45, 2.75) is 51.0 Å². The number of ether oxygens (including phenoxy) is 1. The molecule has 0 saturated heterocycles. The fourth-order valence-corrected chi connectivity index (χ4v) is 3.31. The lowest BCUT2D eigenvalue weighted by Crippen LogP contribution is -2.90. The molecule has 0 atom stereocenters. The Bertz CT molecular complexity index is 396. The molecule has 0 unspecified atom stereocenters. The van der Waals surface area contributed by atoms with Crippen LogP contribution in [0.15, 0.2) is 18.2 Å². The van der Waals surface area contributed by atoms with Gasteiger partial charge in [0, 0.05) is 0 Å². The lowest BCUT2D eigenvalue weighted by Gasteiger charge is -2.10. The first-order valence-electron chi connectivity index (χ1n) is 7.50. The van der Waals surface area contributed by atoms with Gasteiger partial charge in [-0.25, -0.2) is 0 Å². The lowest BCUT2D eigenvalue weighted by atomic mass is 10.1. The summed E-state index contributed by atoms with van der Waals surface area (Å²) >= 11 is 0. The summed E-state index contributed by atoms with van der Waals surface area (Å²) in [6.45, 7) is 1.94. The topological polar surface area (TPSA) is 25.8 Å². The summed E-state index contributed by atoms with van der Waals surface area (Å²) in [4.78, 5) is 0. The fourth-order valence-electron chi connectivity index (χ4n) is 3.31. The Morgan fingerprint density at radius 2 is 1.89 bits per heavy atom. The molecule has 0 radical (unpaired) electrons. The third-order valence-corrected chi connectivity index (χ3v) is 4.36. The predicted octanol–water partition coefficient (Wildman–Crippen LogP) is 2.06. The largest absolute Gasteiger partial charge is 0.488 e. The summed E-state index contributed by atoms with van der Waals surface area (Å²) in [5, 5.41) is 2.47. The highest BCUT2D eigenvalue weighted by Crippen LogP contribution is 2.25. The standard InChI is InChI=1S/C16H23NO/c1-2-7-15(6-1)17-10-11-18-16-9-8-13-4-3-5-14(13)12-16/h8-9,12,15,17H,1-7,10-11H2/p+1. The molecule has 0 spiro atoms. The van der Waals surface area contributed by atoms with E-state index >= 15 is 0 Å². The summed E-state index contributed by atoms with van der Waals surface area (Å²) in [6.07, 6.45) is 9.46. The summed E-state index contributed by atoms with van der Waals surface area (Å²) in [6, 6.07) is 7.50. The molecule has 0 bridgehead atoms. The average Bonchev–Trinajstić information content (AvgIpc) is 3.05. The Balaban J connectivity index is 1.42. The number of quaternary nitrogens is 1. The Labute approximate surface area is 110 Å². The van der Waals surface area contributed by atoms with E-state index in [1.54, 1.807) is 0 Å². The van der Waals surface area contributed by atoms with Gasteiger partial charge in [0.25, 0.3) is 0 Å². The molecule has 2 N–H and O–H groups in total. The van der Waals surface area contributed by atoms with Crippen LogP contribution in [-0.4, -0.2) is 19.2 Å². The van der Waals surface area contributed by atoms with Gasteiger partial charge >= 0.3 is 0 Å². The molecule has 2 nitrogen and oxygen atoms in total. The number of benzene rings is 1. The van der Waals surface area contributed by atoms with Gasteiger partial charge in [-0.1, -0.05) is 6.07 Å². The van der Waals surface area contributed by atoms with Crippen LogP contribution in [0.5, 0.6) is 5.75 Å². The highest BCUT2D eigenvalue weighted by molar-refractivity contribution is 5.38. The summed E-state index contributed by atoms with van der Waals surface area (Å²) in [7, 11) is 0. The van der Waals surface area contributed by atoms with E-state index < -0.39 is 0 Å². The second kappa shape index (κ2) is 5.75. The van der Waals surface area contributed by atoms with Crippen LogP contribution in [0.4, 0.5) is 0 Å². The first-order valence-corrected chi connectivity index (χ1v) is 7.50. The molecule has 2 aliphatic carbocycles. The quantitative estimate of drug-likeness (QED) is 0.791. The van der Waals surface area contributed by atoms with E-state index in [2.05, 4.69) is 23.5 Å². The van der Waals surface area contributed by atoms with Gasteiger partial charge in [-0.05, 0) is 68.2 Å².